The molecule has 3 atom stereocenters. The summed E-state index contributed by atoms with van der Waals surface area (Å²) >= 11 is 0. The molecule has 2 rings (SSSR count). The summed E-state index contributed by atoms with van der Waals surface area (Å²) in [5.41, 5.74) is 3.00. The van der Waals surface area contributed by atoms with Crippen LogP contribution in [0.5, 0.6) is 0 Å². The van der Waals surface area contributed by atoms with E-state index in [2.05, 4.69) is 33.8 Å². The molecule has 2 aliphatic carbocycles. The van der Waals surface area contributed by atoms with Crippen molar-refractivity contribution in [2.45, 2.75) is 80.1 Å². The van der Waals surface area contributed by atoms with Crippen LogP contribution in [0.4, 0.5) is 0 Å². The minimum absolute atomic E-state index is 0.298. The van der Waals surface area contributed by atoms with Crippen LogP contribution in [0.15, 0.2) is 35.8 Å². The molecular formula is C24H36O4. The summed E-state index contributed by atoms with van der Waals surface area (Å²) in [5, 5.41) is 0. The second-order valence-electron chi connectivity index (χ2n) is 9.39. The van der Waals surface area contributed by atoms with Gasteiger partial charge in [0, 0.05) is 13.8 Å². The normalized spacial score (nSPS) is 29.8. The standard InChI is InChI=1S/C24H36O4/c1-17-8-11-22-23(4,5)13-7-14-24(22,6)21(17)10-9-20(16-28-19(3)26)12-15-27-18(2)25/h8,12,15-16,21-22H,7,9-11,13-14H2,1-6H3/b15-12+,20-16+/t21?,22-,24+/m1/s1. The molecule has 0 spiro atoms. The third-order valence-corrected chi connectivity index (χ3v) is 6.91. The number of hydrogen-bond acceptors (Lipinski definition) is 4. The number of ether oxygens (including phenoxy) is 2. The number of esters is 2. The minimum Gasteiger partial charge on any atom is -0.435 e. The van der Waals surface area contributed by atoms with Crippen molar-refractivity contribution < 1.29 is 19.1 Å². The average molecular weight is 389 g/mol. The van der Waals surface area contributed by atoms with Crippen molar-refractivity contribution in [1.82, 2.24) is 0 Å². The van der Waals surface area contributed by atoms with Crippen LogP contribution in [0.1, 0.15) is 80.1 Å². The molecule has 0 radical (unpaired) electrons. The highest BCUT2D eigenvalue weighted by atomic mass is 16.5. The van der Waals surface area contributed by atoms with Crippen molar-refractivity contribution in [2.75, 3.05) is 0 Å². The van der Waals surface area contributed by atoms with Gasteiger partial charge >= 0.3 is 11.9 Å². The summed E-state index contributed by atoms with van der Waals surface area (Å²) in [5.74, 6) is 0.482. The number of hydrogen-bond donors (Lipinski definition) is 0. The maximum atomic E-state index is 11.2. The molecule has 0 aliphatic heterocycles. The van der Waals surface area contributed by atoms with Gasteiger partial charge in [-0.05, 0) is 73.3 Å². The maximum Gasteiger partial charge on any atom is 0.307 e. The van der Waals surface area contributed by atoms with Crippen LogP contribution in [-0.4, -0.2) is 11.9 Å². The zero-order valence-corrected chi connectivity index (χ0v) is 18.3. The van der Waals surface area contributed by atoms with Crippen LogP contribution >= 0.6 is 0 Å². The largest absolute Gasteiger partial charge is 0.435 e. The molecule has 156 valence electrons. The van der Waals surface area contributed by atoms with E-state index in [-0.39, 0.29) is 11.9 Å². The van der Waals surface area contributed by atoms with Crippen molar-refractivity contribution in [1.29, 1.82) is 0 Å². The zero-order valence-electron chi connectivity index (χ0n) is 18.3. The lowest BCUT2D eigenvalue weighted by molar-refractivity contribution is -0.136. The van der Waals surface area contributed by atoms with Crippen molar-refractivity contribution in [2.24, 2.45) is 22.7 Å². The fourth-order valence-electron chi connectivity index (χ4n) is 5.56. The smallest absolute Gasteiger partial charge is 0.307 e. The molecule has 0 aromatic carbocycles. The van der Waals surface area contributed by atoms with Gasteiger partial charge < -0.3 is 9.47 Å². The molecule has 1 unspecified atom stereocenters. The quantitative estimate of drug-likeness (QED) is 0.239. The Morgan fingerprint density at radius 2 is 1.82 bits per heavy atom. The van der Waals surface area contributed by atoms with E-state index in [1.807, 2.05) is 0 Å². The Morgan fingerprint density at radius 1 is 1.14 bits per heavy atom. The van der Waals surface area contributed by atoms with Crippen LogP contribution in [0, 0.1) is 22.7 Å². The lowest BCUT2D eigenvalue weighted by Gasteiger charge is -2.57. The molecule has 4 heteroatoms. The Hall–Kier alpha value is -1.84. The van der Waals surface area contributed by atoms with Gasteiger partial charge in [0.1, 0.15) is 0 Å². The topological polar surface area (TPSA) is 52.6 Å². The fourth-order valence-corrected chi connectivity index (χ4v) is 5.56. The van der Waals surface area contributed by atoms with E-state index in [9.17, 15) is 9.59 Å². The number of carbonyl (C=O) groups is 2. The van der Waals surface area contributed by atoms with Crippen LogP contribution in [0.3, 0.4) is 0 Å². The van der Waals surface area contributed by atoms with Gasteiger partial charge in [-0.3, -0.25) is 9.59 Å². The maximum absolute atomic E-state index is 11.2. The monoisotopic (exact) mass is 388 g/mol. The fraction of sp³-hybridized carbons (Fsp3) is 0.667. The highest BCUT2D eigenvalue weighted by molar-refractivity contribution is 5.67. The molecule has 1 fully saturated rings. The Kier molecular flexibility index (Phi) is 7.30. The average Bonchev–Trinajstić information content (AvgIpc) is 2.57. The Bertz CT molecular complexity index is 683. The number of rotatable bonds is 6. The zero-order chi connectivity index (χ0) is 20.9. The van der Waals surface area contributed by atoms with E-state index in [1.54, 1.807) is 6.08 Å². The molecule has 2 aliphatic rings. The summed E-state index contributed by atoms with van der Waals surface area (Å²) in [4.78, 5) is 22.2. The van der Waals surface area contributed by atoms with Gasteiger partial charge in [0.25, 0.3) is 0 Å². The molecule has 1 saturated carbocycles. The van der Waals surface area contributed by atoms with E-state index >= 15 is 0 Å². The molecule has 0 heterocycles. The molecule has 0 amide bonds. The Balaban J connectivity index is 2.17. The van der Waals surface area contributed by atoms with E-state index in [0.717, 1.165) is 18.4 Å². The van der Waals surface area contributed by atoms with Gasteiger partial charge in [0.05, 0.1) is 12.5 Å². The van der Waals surface area contributed by atoms with Crippen molar-refractivity contribution >= 4 is 11.9 Å². The van der Waals surface area contributed by atoms with E-state index in [0.29, 0.717) is 22.7 Å². The first-order chi connectivity index (χ1) is 13.1. The molecule has 0 saturated heterocycles. The molecule has 0 aromatic rings. The SMILES string of the molecule is CC(=O)O/C=C/C(=C/OC(C)=O)CCC1C(C)=CC[C@@H]2C(C)(C)CCC[C@@]12C. The first-order valence-electron chi connectivity index (χ1n) is 10.4. The summed E-state index contributed by atoms with van der Waals surface area (Å²) in [6.45, 7) is 12.3. The predicted molar refractivity (Wildman–Crippen MR) is 111 cm³/mol. The van der Waals surface area contributed by atoms with Gasteiger partial charge in [-0.2, -0.15) is 0 Å². The Labute approximate surface area is 170 Å². The Morgan fingerprint density at radius 3 is 2.46 bits per heavy atom. The summed E-state index contributed by atoms with van der Waals surface area (Å²) in [6, 6.07) is 0. The number of fused-ring (bicyclic) bond motifs is 1. The van der Waals surface area contributed by atoms with E-state index < -0.39 is 0 Å². The van der Waals surface area contributed by atoms with Crippen LogP contribution in [-0.2, 0) is 19.1 Å². The molecule has 0 bridgehead atoms. The van der Waals surface area contributed by atoms with Gasteiger partial charge in [0.15, 0.2) is 0 Å². The van der Waals surface area contributed by atoms with Crippen molar-refractivity contribution in [3.63, 3.8) is 0 Å². The molecule has 4 nitrogen and oxygen atoms in total. The van der Waals surface area contributed by atoms with Crippen molar-refractivity contribution in [3.05, 3.63) is 35.8 Å². The highest BCUT2D eigenvalue weighted by Crippen LogP contribution is 2.60. The van der Waals surface area contributed by atoms with Gasteiger partial charge in [-0.15, -0.1) is 0 Å². The summed E-state index contributed by atoms with van der Waals surface area (Å²) in [6.07, 6.45) is 13.8. The van der Waals surface area contributed by atoms with Crippen LogP contribution < -0.4 is 0 Å². The highest BCUT2D eigenvalue weighted by Gasteiger charge is 2.51. The third kappa shape index (κ3) is 5.36. The first kappa shape index (κ1) is 22.4. The molecule has 28 heavy (non-hydrogen) atoms. The van der Waals surface area contributed by atoms with Crippen LogP contribution in [0.2, 0.25) is 0 Å². The second kappa shape index (κ2) is 9.11. The van der Waals surface area contributed by atoms with Gasteiger partial charge in [-0.25, -0.2) is 0 Å². The predicted octanol–water partition coefficient (Wildman–Crippen LogP) is 6.09. The van der Waals surface area contributed by atoms with E-state index in [4.69, 9.17) is 9.47 Å². The first-order valence-corrected chi connectivity index (χ1v) is 10.4. The van der Waals surface area contributed by atoms with Gasteiger partial charge in [-0.1, -0.05) is 38.8 Å². The third-order valence-electron chi connectivity index (χ3n) is 6.91. The minimum atomic E-state index is -0.367. The number of carbonyl (C=O) groups excluding carboxylic acids is 2. The second-order valence-corrected chi connectivity index (χ2v) is 9.39. The molecular weight excluding hydrogens is 352 g/mol. The van der Waals surface area contributed by atoms with Crippen LogP contribution in [0.25, 0.3) is 0 Å². The molecule has 0 N–H and O–H groups in total. The molecule has 0 aromatic heterocycles. The van der Waals surface area contributed by atoms with E-state index in [1.165, 1.54) is 57.6 Å². The summed E-state index contributed by atoms with van der Waals surface area (Å²) < 4.78 is 10.00. The lowest BCUT2D eigenvalue weighted by Crippen LogP contribution is -2.48. The van der Waals surface area contributed by atoms with Gasteiger partial charge in [0.2, 0.25) is 0 Å². The lowest BCUT2D eigenvalue weighted by atomic mass is 9.48. The summed E-state index contributed by atoms with van der Waals surface area (Å²) in [7, 11) is 0. The van der Waals surface area contributed by atoms with Crippen molar-refractivity contribution in [3.8, 4) is 0 Å². The number of allylic oxidation sites excluding steroid dienone is 4.